The Labute approximate surface area is 117 Å². The van der Waals surface area contributed by atoms with E-state index in [1.807, 2.05) is 45.1 Å². The Hall–Kier alpha value is 1.32. The number of hydrogen-bond donors (Lipinski definition) is 2. The van der Waals surface area contributed by atoms with Crippen molar-refractivity contribution in [2.45, 2.75) is 0 Å². The van der Waals surface area contributed by atoms with Crippen molar-refractivity contribution in [2.24, 2.45) is 0 Å². The number of hydrogen-bond acceptors (Lipinski definition) is 6. The Kier molecular flexibility index (Phi) is 17.7. The fourth-order valence-corrected chi connectivity index (χ4v) is 3.54. The molecule has 0 spiro atoms. The third kappa shape index (κ3) is 15.3. The molecule has 0 aromatic rings. The van der Waals surface area contributed by atoms with E-state index in [2.05, 4.69) is 23.1 Å². The molecule has 0 saturated heterocycles. The van der Waals surface area contributed by atoms with Crippen LogP contribution in [0.5, 0.6) is 0 Å². The van der Waals surface area contributed by atoms with Gasteiger partial charge in [-0.2, -0.15) is 23.5 Å². The molecule has 0 aliphatic rings. The minimum Gasteiger partial charge on any atom is -0.315 e. The summed E-state index contributed by atoms with van der Waals surface area (Å²) in [7, 11) is 3.95. The van der Waals surface area contributed by atoms with E-state index in [1.54, 1.807) is 0 Å². The van der Waals surface area contributed by atoms with Crippen LogP contribution in [0.2, 0.25) is 0 Å². The molecule has 0 unspecified atom stereocenters. The van der Waals surface area contributed by atoms with Crippen LogP contribution in [0.1, 0.15) is 0 Å². The Morgan fingerprint density at radius 3 is 1.38 bits per heavy atom. The highest BCUT2D eigenvalue weighted by molar-refractivity contribution is 8.76. The van der Waals surface area contributed by atoms with E-state index in [9.17, 15) is 0 Å². The molecule has 0 aromatic heterocycles. The van der Waals surface area contributed by atoms with E-state index in [0.29, 0.717) is 0 Å². The Morgan fingerprint density at radius 1 is 0.625 bits per heavy atom. The molecule has 2 nitrogen and oxygen atoms in total. The number of rotatable bonds is 13. The first kappa shape index (κ1) is 17.3. The van der Waals surface area contributed by atoms with Crippen LogP contribution in [0.25, 0.3) is 0 Å². The second-order valence-electron chi connectivity index (χ2n) is 3.13. The molecule has 6 heteroatoms. The van der Waals surface area contributed by atoms with Gasteiger partial charge in [-0.3, -0.25) is 0 Å². The first-order chi connectivity index (χ1) is 7.91. The molecule has 0 amide bonds. The van der Waals surface area contributed by atoms with Crippen molar-refractivity contribution < 1.29 is 0 Å². The third-order valence-electron chi connectivity index (χ3n) is 1.77. The van der Waals surface area contributed by atoms with Crippen molar-refractivity contribution in [2.75, 3.05) is 61.7 Å². The Bertz CT molecular complexity index is 113. The van der Waals surface area contributed by atoms with Gasteiger partial charge in [0.2, 0.25) is 0 Å². The Balaban J connectivity index is 2.83. The lowest BCUT2D eigenvalue weighted by Gasteiger charge is -2.04. The van der Waals surface area contributed by atoms with Crippen molar-refractivity contribution in [1.29, 1.82) is 0 Å². The predicted octanol–water partition coefficient (Wildman–Crippen LogP) is 2.27. The maximum Gasteiger partial charge on any atom is 0.0162 e. The van der Waals surface area contributed by atoms with Gasteiger partial charge in [0.25, 0.3) is 0 Å². The van der Waals surface area contributed by atoms with Gasteiger partial charge in [0.1, 0.15) is 0 Å². The van der Waals surface area contributed by atoms with E-state index in [4.69, 9.17) is 0 Å². The largest absolute Gasteiger partial charge is 0.315 e. The first-order valence-electron chi connectivity index (χ1n) is 5.55. The summed E-state index contributed by atoms with van der Waals surface area (Å²) in [5.41, 5.74) is 0. The van der Waals surface area contributed by atoms with Crippen molar-refractivity contribution in [3.8, 4) is 0 Å². The van der Waals surface area contributed by atoms with Gasteiger partial charge in [-0.15, -0.1) is 0 Å². The predicted molar refractivity (Wildman–Crippen MR) is 87.4 cm³/mol. The van der Waals surface area contributed by atoms with Crippen molar-refractivity contribution >= 4 is 45.1 Å². The second-order valence-corrected chi connectivity index (χ2v) is 7.80. The lowest BCUT2D eigenvalue weighted by Crippen LogP contribution is -2.20. The maximum atomic E-state index is 3.43. The number of nitrogens with one attached hydrogen (secondary N) is 2. The van der Waals surface area contributed by atoms with Gasteiger partial charge in [-0.1, -0.05) is 21.6 Å². The molecule has 98 valence electrons. The average molecular weight is 301 g/mol. The van der Waals surface area contributed by atoms with E-state index < -0.39 is 0 Å². The zero-order chi connectivity index (χ0) is 11.9. The maximum absolute atomic E-state index is 3.43. The van der Waals surface area contributed by atoms with Gasteiger partial charge < -0.3 is 10.6 Å². The van der Waals surface area contributed by atoms with Gasteiger partial charge in [0.15, 0.2) is 0 Å². The molecule has 16 heavy (non-hydrogen) atoms. The summed E-state index contributed by atoms with van der Waals surface area (Å²) in [5.74, 6) is 4.86. The SMILES string of the molecule is CSCCNCCSSCCNCCSC. The van der Waals surface area contributed by atoms with Gasteiger partial charge >= 0.3 is 0 Å². The molecule has 2 N–H and O–H groups in total. The standard InChI is InChI=1S/C10H24N2S4/c1-13-7-3-11-5-9-15-16-10-6-12-4-8-14-2/h11-12H,3-10H2,1-2H3. The molecule has 0 aliphatic carbocycles. The highest BCUT2D eigenvalue weighted by Gasteiger charge is 1.91. The highest BCUT2D eigenvalue weighted by atomic mass is 33.1. The molecule has 0 aliphatic heterocycles. The van der Waals surface area contributed by atoms with Crippen LogP contribution in [0.3, 0.4) is 0 Å². The lowest BCUT2D eigenvalue weighted by atomic mass is 10.7. The normalized spacial score (nSPS) is 10.9. The van der Waals surface area contributed by atoms with Gasteiger partial charge in [0.05, 0.1) is 0 Å². The second kappa shape index (κ2) is 16.3. The molecule has 0 rings (SSSR count). The first-order valence-corrected chi connectivity index (χ1v) is 10.8. The summed E-state index contributed by atoms with van der Waals surface area (Å²) >= 11 is 3.80. The lowest BCUT2D eigenvalue weighted by molar-refractivity contribution is 0.774. The molecule has 0 radical (unpaired) electrons. The molecular formula is C10H24N2S4. The van der Waals surface area contributed by atoms with E-state index >= 15 is 0 Å². The number of thioether (sulfide) groups is 2. The minimum absolute atomic E-state index is 1.14. The van der Waals surface area contributed by atoms with Crippen LogP contribution >= 0.6 is 45.1 Å². The summed E-state index contributed by atoms with van der Waals surface area (Å²) < 4.78 is 0. The molecule has 0 atom stereocenters. The minimum atomic E-state index is 1.14. The smallest absolute Gasteiger partial charge is 0.0162 e. The zero-order valence-electron chi connectivity index (χ0n) is 10.3. The van der Waals surface area contributed by atoms with Crippen molar-refractivity contribution in [3.63, 3.8) is 0 Å². The molecule has 0 heterocycles. The molecular weight excluding hydrogens is 276 g/mol. The van der Waals surface area contributed by atoms with Crippen LogP contribution in [-0.4, -0.2) is 61.7 Å². The average Bonchev–Trinajstić information content (AvgIpc) is 2.31. The fourth-order valence-electron chi connectivity index (χ4n) is 0.944. The quantitative estimate of drug-likeness (QED) is 0.400. The third-order valence-corrected chi connectivity index (χ3v) is 5.41. The molecule has 0 bridgehead atoms. The van der Waals surface area contributed by atoms with Crippen LogP contribution in [0, 0.1) is 0 Å². The van der Waals surface area contributed by atoms with E-state index in [-0.39, 0.29) is 0 Å². The molecule has 0 saturated carbocycles. The summed E-state index contributed by atoms with van der Waals surface area (Å²) in [6.07, 6.45) is 4.30. The molecule has 0 aromatic carbocycles. The summed E-state index contributed by atoms with van der Waals surface area (Å²) in [5, 5.41) is 6.86. The van der Waals surface area contributed by atoms with Crippen molar-refractivity contribution in [1.82, 2.24) is 10.6 Å². The van der Waals surface area contributed by atoms with Gasteiger partial charge in [-0.25, -0.2) is 0 Å². The van der Waals surface area contributed by atoms with Crippen LogP contribution in [0.4, 0.5) is 0 Å². The van der Waals surface area contributed by atoms with Crippen LogP contribution in [-0.2, 0) is 0 Å². The topological polar surface area (TPSA) is 24.1 Å². The molecule has 0 fully saturated rings. The Morgan fingerprint density at radius 2 is 1.00 bits per heavy atom. The van der Waals surface area contributed by atoms with E-state index in [0.717, 1.165) is 26.2 Å². The summed E-state index contributed by atoms with van der Waals surface area (Å²) in [6, 6.07) is 0. The van der Waals surface area contributed by atoms with Crippen molar-refractivity contribution in [3.05, 3.63) is 0 Å². The zero-order valence-corrected chi connectivity index (χ0v) is 13.6. The fraction of sp³-hybridized carbons (Fsp3) is 1.00. The van der Waals surface area contributed by atoms with E-state index in [1.165, 1.54) is 23.0 Å². The van der Waals surface area contributed by atoms with Gasteiger partial charge in [0, 0.05) is 49.2 Å². The van der Waals surface area contributed by atoms with Crippen LogP contribution < -0.4 is 10.6 Å². The summed E-state index contributed by atoms with van der Waals surface area (Å²) in [4.78, 5) is 0. The van der Waals surface area contributed by atoms with Gasteiger partial charge in [-0.05, 0) is 12.5 Å². The highest BCUT2D eigenvalue weighted by Crippen LogP contribution is 2.19. The summed E-state index contributed by atoms with van der Waals surface area (Å²) in [6.45, 7) is 4.56. The van der Waals surface area contributed by atoms with Crippen LogP contribution in [0.15, 0.2) is 0 Å². The monoisotopic (exact) mass is 300 g/mol.